The molecule has 0 spiro atoms. The molecule has 11 heteroatoms. The van der Waals surface area contributed by atoms with Gasteiger partial charge in [-0.3, -0.25) is 9.59 Å². The first-order valence-electron chi connectivity index (χ1n) is 9.25. The highest BCUT2D eigenvalue weighted by Crippen LogP contribution is 2.24. The van der Waals surface area contributed by atoms with E-state index in [2.05, 4.69) is 10.1 Å². The van der Waals surface area contributed by atoms with E-state index in [1.54, 1.807) is 24.3 Å². The Labute approximate surface area is 176 Å². The van der Waals surface area contributed by atoms with E-state index in [0.717, 1.165) is 12.1 Å². The summed E-state index contributed by atoms with van der Waals surface area (Å²) in [6.07, 6.45) is -5.34. The van der Waals surface area contributed by atoms with Crippen molar-refractivity contribution in [2.45, 2.75) is 31.6 Å². The van der Waals surface area contributed by atoms with E-state index < -0.39 is 31.1 Å². The third-order valence-corrected chi connectivity index (χ3v) is 4.29. The van der Waals surface area contributed by atoms with E-state index >= 15 is 0 Å². The van der Waals surface area contributed by atoms with Crippen LogP contribution in [-0.4, -0.2) is 48.3 Å². The van der Waals surface area contributed by atoms with E-state index in [1.807, 2.05) is 0 Å². The maximum atomic E-state index is 12.4. The van der Waals surface area contributed by atoms with E-state index in [0.29, 0.717) is 11.3 Å². The minimum absolute atomic E-state index is 0.110. The van der Waals surface area contributed by atoms with Gasteiger partial charge >= 0.3 is 13.5 Å². The molecule has 0 aliphatic heterocycles. The lowest BCUT2D eigenvalue weighted by atomic mass is 9.76. The zero-order chi connectivity index (χ0) is 23.0. The van der Waals surface area contributed by atoms with E-state index in [-0.39, 0.29) is 30.6 Å². The van der Waals surface area contributed by atoms with Gasteiger partial charge in [0, 0.05) is 18.4 Å². The van der Waals surface area contributed by atoms with Crippen molar-refractivity contribution in [2.75, 3.05) is 7.11 Å². The highest BCUT2D eigenvalue weighted by atomic mass is 19.4. The summed E-state index contributed by atoms with van der Waals surface area (Å²) in [4.78, 5) is 24.3. The third-order valence-electron chi connectivity index (χ3n) is 4.29. The van der Waals surface area contributed by atoms with Gasteiger partial charge in [-0.25, -0.2) is 0 Å². The number of alkyl halides is 3. The fourth-order valence-electron chi connectivity index (χ4n) is 2.78. The van der Waals surface area contributed by atoms with Crippen molar-refractivity contribution in [3.05, 3.63) is 59.7 Å². The Hall–Kier alpha value is -3.05. The molecule has 0 fully saturated rings. The fraction of sp³-hybridized carbons (Fsp3) is 0.300. The number of nitrogens with one attached hydrogen (secondary N) is 1. The lowest BCUT2D eigenvalue weighted by Crippen LogP contribution is -2.47. The number of halogens is 3. The standard InChI is InChI=1S/C20H21BF3NO6/c1-30-15-7-5-14(6-8-15)17(26)9-10-19(27)25-18(21(28)29)12-13-3-2-4-16(11-13)31-20(22,23)24/h2-8,11,18,28-29H,9-10,12H2,1H3,(H,25,27). The molecule has 0 heterocycles. The minimum atomic E-state index is -4.86. The van der Waals surface area contributed by atoms with Crippen LogP contribution in [0.5, 0.6) is 11.5 Å². The van der Waals surface area contributed by atoms with Crippen molar-refractivity contribution in [2.24, 2.45) is 0 Å². The molecule has 2 aromatic carbocycles. The van der Waals surface area contributed by atoms with Crippen molar-refractivity contribution in [3.63, 3.8) is 0 Å². The van der Waals surface area contributed by atoms with E-state index in [1.165, 1.54) is 19.2 Å². The maximum absolute atomic E-state index is 12.4. The molecule has 0 bridgehead atoms. The molecule has 1 unspecified atom stereocenters. The topological polar surface area (TPSA) is 105 Å². The molecular formula is C20H21BF3NO6. The SMILES string of the molecule is COc1ccc(C(=O)CCC(=O)NC(Cc2cccc(OC(F)(F)F)c2)B(O)O)cc1. The molecule has 7 nitrogen and oxygen atoms in total. The molecule has 3 N–H and O–H groups in total. The summed E-state index contributed by atoms with van der Waals surface area (Å²) >= 11 is 0. The molecule has 0 aliphatic carbocycles. The molecule has 2 aromatic rings. The first kappa shape index (κ1) is 24.2. The van der Waals surface area contributed by atoms with Crippen LogP contribution in [-0.2, 0) is 11.2 Å². The van der Waals surface area contributed by atoms with Gasteiger partial charge < -0.3 is 24.8 Å². The number of rotatable bonds is 10. The molecule has 2 rings (SSSR count). The summed E-state index contributed by atoms with van der Waals surface area (Å²) in [6, 6.07) is 11.3. The van der Waals surface area contributed by atoms with Gasteiger partial charge in [0.15, 0.2) is 5.78 Å². The van der Waals surface area contributed by atoms with Gasteiger partial charge in [0.2, 0.25) is 5.91 Å². The molecule has 0 aromatic heterocycles. The number of hydrogen-bond acceptors (Lipinski definition) is 6. The normalized spacial score (nSPS) is 12.1. The van der Waals surface area contributed by atoms with Crippen LogP contribution in [0, 0.1) is 0 Å². The number of ketones is 1. The predicted octanol–water partition coefficient (Wildman–Crippen LogP) is 2.30. The van der Waals surface area contributed by atoms with Crippen molar-refractivity contribution in [1.82, 2.24) is 5.32 Å². The van der Waals surface area contributed by atoms with Crippen LogP contribution < -0.4 is 14.8 Å². The minimum Gasteiger partial charge on any atom is -0.497 e. The molecule has 166 valence electrons. The average Bonchev–Trinajstić information content (AvgIpc) is 2.70. The molecule has 1 amide bonds. The first-order chi connectivity index (χ1) is 14.6. The Morgan fingerprint density at radius 3 is 2.32 bits per heavy atom. The van der Waals surface area contributed by atoms with Crippen LogP contribution in [0.25, 0.3) is 0 Å². The lowest BCUT2D eigenvalue weighted by molar-refractivity contribution is -0.274. The van der Waals surface area contributed by atoms with E-state index in [4.69, 9.17) is 4.74 Å². The Balaban J connectivity index is 1.93. The summed E-state index contributed by atoms with van der Waals surface area (Å²) in [5.74, 6) is -1.96. The first-order valence-corrected chi connectivity index (χ1v) is 9.25. The van der Waals surface area contributed by atoms with Gasteiger partial charge in [-0.15, -0.1) is 13.2 Å². The second kappa shape index (κ2) is 10.8. The number of Topliss-reactive ketones (excluding diaryl/α,β-unsaturated/α-hetero) is 1. The quantitative estimate of drug-likeness (QED) is 0.388. The Bertz CT molecular complexity index is 889. The maximum Gasteiger partial charge on any atom is 0.573 e. The number of methoxy groups -OCH3 is 1. The van der Waals surface area contributed by atoms with Gasteiger partial charge in [0.05, 0.1) is 13.1 Å². The summed E-state index contributed by atoms with van der Waals surface area (Å²) in [5, 5.41) is 21.5. The van der Waals surface area contributed by atoms with Crippen molar-refractivity contribution in [3.8, 4) is 11.5 Å². The van der Waals surface area contributed by atoms with Crippen LogP contribution in [0.1, 0.15) is 28.8 Å². The Morgan fingerprint density at radius 2 is 1.74 bits per heavy atom. The van der Waals surface area contributed by atoms with Crippen molar-refractivity contribution < 1.29 is 42.3 Å². The van der Waals surface area contributed by atoms with Crippen LogP contribution in [0.4, 0.5) is 13.2 Å². The highest BCUT2D eigenvalue weighted by Gasteiger charge is 2.31. The molecular weight excluding hydrogens is 418 g/mol. The van der Waals surface area contributed by atoms with Gasteiger partial charge in [-0.2, -0.15) is 0 Å². The molecule has 0 saturated heterocycles. The van der Waals surface area contributed by atoms with Crippen LogP contribution >= 0.6 is 0 Å². The fourth-order valence-corrected chi connectivity index (χ4v) is 2.78. The molecule has 1 atom stereocenters. The smallest absolute Gasteiger partial charge is 0.497 e. The predicted molar refractivity (Wildman–Crippen MR) is 106 cm³/mol. The van der Waals surface area contributed by atoms with Gasteiger partial charge in [-0.1, -0.05) is 12.1 Å². The van der Waals surface area contributed by atoms with Crippen molar-refractivity contribution in [1.29, 1.82) is 0 Å². The molecule has 31 heavy (non-hydrogen) atoms. The van der Waals surface area contributed by atoms with Crippen LogP contribution in [0.2, 0.25) is 0 Å². The summed E-state index contributed by atoms with van der Waals surface area (Å²) in [6.45, 7) is 0. The zero-order valence-electron chi connectivity index (χ0n) is 16.6. The summed E-state index contributed by atoms with van der Waals surface area (Å²) in [7, 11) is -0.472. The Kier molecular flexibility index (Phi) is 8.46. The molecule has 0 saturated carbocycles. The summed E-state index contributed by atoms with van der Waals surface area (Å²) < 4.78 is 45.9. The lowest BCUT2D eigenvalue weighted by Gasteiger charge is -2.18. The average molecular weight is 439 g/mol. The highest BCUT2D eigenvalue weighted by molar-refractivity contribution is 6.43. The molecule has 0 radical (unpaired) electrons. The number of carbonyl (C=O) groups is 2. The second-order valence-electron chi connectivity index (χ2n) is 6.64. The van der Waals surface area contributed by atoms with Gasteiger partial charge in [0.1, 0.15) is 11.5 Å². The number of carbonyl (C=O) groups excluding carboxylic acids is 2. The van der Waals surface area contributed by atoms with Crippen molar-refractivity contribution >= 4 is 18.8 Å². The number of ether oxygens (including phenoxy) is 2. The number of benzene rings is 2. The molecule has 0 aliphatic rings. The monoisotopic (exact) mass is 439 g/mol. The Morgan fingerprint density at radius 1 is 1.06 bits per heavy atom. The number of amides is 1. The number of hydrogen-bond donors (Lipinski definition) is 3. The zero-order valence-corrected chi connectivity index (χ0v) is 16.6. The van der Waals surface area contributed by atoms with Gasteiger partial charge in [-0.05, 0) is 48.4 Å². The van der Waals surface area contributed by atoms with Crippen LogP contribution in [0.15, 0.2) is 48.5 Å². The summed E-state index contributed by atoms with van der Waals surface area (Å²) in [5.41, 5.74) is 0.684. The van der Waals surface area contributed by atoms with E-state index in [9.17, 15) is 32.8 Å². The second-order valence-corrected chi connectivity index (χ2v) is 6.64. The van der Waals surface area contributed by atoms with Gasteiger partial charge in [0.25, 0.3) is 0 Å². The largest absolute Gasteiger partial charge is 0.573 e. The van der Waals surface area contributed by atoms with Crippen LogP contribution in [0.3, 0.4) is 0 Å². The third kappa shape index (κ3) is 8.31.